The second kappa shape index (κ2) is 7.19. The summed E-state index contributed by atoms with van der Waals surface area (Å²) in [6.45, 7) is 4.51. The van der Waals surface area contributed by atoms with E-state index in [2.05, 4.69) is 16.8 Å². The molecule has 1 amide bonds. The molecule has 130 valence electrons. The molecular weight excluding hydrogens is 310 g/mol. The van der Waals surface area contributed by atoms with Gasteiger partial charge in [0, 0.05) is 27.1 Å². The monoisotopic (exact) mass is 333 g/mol. The van der Waals surface area contributed by atoms with Crippen LogP contribution in [0.1, 0.15) is 35.8 Å². The fourth-order valence-electron chi connectivity index (χ4n) is 2.60. The minimum atomic E-state index is -0.0785. The highest BCUT2D eigenvalue weighted by atomic mass is 16.5. The number of amides is 1. The van der Waals surface area contributed by atoms with Crippen molar-refractivity contribution in [3.05, 3.63) is 41.0 Å². The zero-order valence-electron chi connectivity index (χ0n) is 14.4. The number of aryl methyl sites for hydroxylation is 1. The van der Waals surface area contributed by atoms with Crippen molar-refractivity contribution in [1.82, 2.24) is 14.8 Å². The van der Waals surface area contributed by atoms with Crippen LogP contribution in [0.2, 0.25) is 0 Å². The number of nitrogens with zero attached hydrogens (tertiary/aromatic N) is 3. The summed E-state index contributed by atoms with van der Waals surface area (Å²) >= 11 is 0. The topological polar surface area (TPSA) is 72.0 Å². The molecule has 0 N–H and O–H groups in total. The molecule has 0 spiro atoms. The summed E-state index contributed by atoms with van der Waals surface area (Å²) in [6.07, 6.45) is 0.905. The smallest absolute Gasteiger partial charge is 0.248 e. The predicted molar refractivity (Wildman–Crippen MR) is 85.9 cm³/mol. The number of ether oxygens (including phenoxy) is 1. The van der Waals surface area contributed by atoms with Crippen LogP contribution in [0.3, 0.4) is 0 Å². The maximum Gasteiger partial charge on any atom is 0.248 e. The summed E-state index contributed by atoms with van der Waals surface area (Å²) in [5, 5.41) is 0. The average Bonchev–Trinajstić information content (AvgIpc) is 3.22. The number of fused-ring (bicyclic) bond motifs is 1. The third-order valence-corrected chi connectivity index (χ3v) is 3.96. The number of hydrogen-bond acceptors (Lipinski definition) is 6. The molecule has 3 rings (SSSR count). The second-order valence-corrected chi connectivity index (χ2v) is 6.13. The number of rotatable bonds is 7. The lowest BCUT2D eigenvalue weighted by atomic mass is 10.3. The summed E-state index contributed by atoms with van der Waals surface area (Å²) in [4.78, 5) is 19.6. The van der Waals surface area contributed by atoms with Crippen molar-refractivity contribution >= 4 is 5.91 Å². The molecule has 0 bridgehead atoms. The molecule has 1 aliphatic rings. The summed E-state index contributed by atoms with van der Waals surface area (Å²) in [7, 11) is 3.39. The molecule has 24 heavy (non-hydrogen) atoms. The van der Waals surface area contributed by atoms with Gasteiger partial charge in [-0.2, -0.15) is 0 Å². The largest absolute Gasteiger partial charge is 0.465 e. The molecular formula is C17H23N3O4. The highest BCUT2D eigenvalue weighted by Gasteiger charge is 2.26. The van der Waals surface area contributed by atoms with Crippen LogP contribution in [-0.4, -0.2) is 41.4 Å². The van der Waals surface area contributed by atoms with Gasteiger partial charge in [0.2, 0.25) is 11.8 Å². The van der Waals surface area contributed by atoms with Crippen LogP contribution in [-0.2, 0) is 42.2 Å². The number of aromatic nitrogens is 1. The van der Waals surface area contributed by atoms with Crippen molar-refractivity contribution in [2.45, 2.75) is 39.6 Å². The molecule has 7 nitrogen and oxygen atoms in total. The first-order valence-electron chi connectivity index (χ1n) is 8.10. The van der Waals surface area contributed by atoms with Crippen molar-refractivity contribution in [1.29, 1.82) is 0 Å². The molecule has 1 aliphatic heterocycles. The number of oxazole rings is 1. The van der Waals surface area contributed by atoms with Gasteiger partial charge in [0.05, 0.1) is 18.8 Å². The minimum absolute atomic E-state index is 0.0322. The van der Waals surface area contributed by atoms with Gasteiger partial charge >= 0.3 is 0 Å². The quantitative estimate of drug-likeness (QED) is 0.771. The predicted octanol–water partition coefficient (Wildman–Crippen LogP) is 1.95. The Kier molecular flexibility index (Phi) is 5.01. The molecule has 0 atom stereocenters. The highest BCUT2D eigenvalue weighted by Crippen LogP contribution is 2.25. The van der Waals surface area contributed by atoms with Crippen LogP contribution in [0, 0.1) is 0 Å². The van der Waals surface area contributed by atoms with Crippen LogP contribution in [0.25, 0.3) is 0 Å². The van der Waals surface area contributed by atoms with E-state index in [1.807, 2.05) is 12.1 Å². The van der Waals surface area contributed by atoms with Crippen molar-refractivity contribution in [3.63, 3.8) is 0 Å². The van der Waals surface area contributed by atoms with Gasteiger partial charge in [0.1, 0.15) is 30.5 Å². The third kappa shape index (κ3) is 3.85. The van der Waals surface area contributed by atoms with Crippen LogP contribution in [0.4, 0.5) is 0 Å². The average molecular weight is 333 g/mol. The number of carbonyl (C=O) groups is 1. The second-order valence-electron chi connectivity index (χ2n) is 6.13. The number of carbonyl (C=O) groups excluding carboxylic acids is 1. The van der Waals surface area contributed by atoms with Crippen LogP contribution in [0.5, 0.6) is 0 Å². The minimum Gasteiger partial charge on any atom is -0.465 e. The fourth-order valence-corrected chi connectivity index (χ4v) is 2.60. The lowest BCUT2D eigenvalue weighted by molar-refractivity contribution is -0.134. The maximum atomic E-state index is 11.4. The summed E-state index contributed by atoms with van der Waals surface area (Å²) in [5.41, 5.74) is 0.940. The Morgan fingerprint density at radius 1 is 1.29 bits per heavy atom. The zero-order chi connectivity index (χ0) is 17.1. The summed E-state index contributed by atoms with van der Waals surface area (Å²) in [6, 6.07) is 4.04. The molecule has 0 unspecified atom stereocenters. The van der Waals surface area contributed by atoms with E-state index in [9.17, 15) is 4.79 Å². The first kappa shape index (κ1) is 16.7. The van der Waals surface area contributed by atoms with E-state index in [0.29, 0.717) is 12.4 Å². The molecule has 3 heterocycles. The van der Waals surface area contributed by atoms with Crippen molar-refractivity contribution in [3.8, 4) is 0 Å². The number of hydrogen-bond donors (Lipinski definition) is 0. The van der Waals surface area contributed by atoms with Crippen LogP contribution < -0.4 is 0 Å². The number of furan rings is 1. The van der Waals surface area contributed by atoms with E-state index in [-0.39, 0.29) is 19.1 Å². The molecule has 0 aliphatic carbocycles. The Bertz CT molecular complexity index is 681. The Balaban J connectivity index is 1.48. The summed E-state index contributed by atoms with van der Waals surface area (Å²) < 4.78 is 16.8. The van der Waals surface area contributed by atoms with Gasteiger partial charge in [-0.3, -0.25) is 9.69 Å². The highest BCUT2D eigenvalue weighted by molar-refractivity contribution is 5.76. The van der Waals surface area contributed by atoms with Gasteiger partial charge in [-0.15, -0.1) is 0 Å². The van der Waals surface area contributed by atoms with Crippen LogP contribution >= 0.6 is 0 Å². The van der Waals surface area contributed by atoms with Gasteiger partial charge < -0.3 is 18.5 Å². The van der Waals surface area contributed by atoms with Crippen molar-refractivity contribution in [2.75, 3.05) is 20.7 Å². The van der Waals surface area contributed by atoms with Gasteiger partial charge in [0.25, 0.3) is 0 Å². The number of likely N-dealkylation sites (N-methyl/N-ethyl adjacent to an activating group) is 1. The molecule has 7 heteroatoms. The van der Waals surface area contributed by atoms with Gasteiger partial charge in [-0.1, -0.05) is 6.92 Å². The van der Waals surface area contributed by atoms with E-state index in [1.165, 1.54) is 4.90 Å². The fraction of sp³-hybridized carbons (Fsp3) is 0.529. The Labute approximate surface area is 141 Å². The first-order chi connectivity index (χ1) is 11.5. The molecule has 0 radical (unpaired) electrons. The lowest BCUT2D eigenvalue weighted by Gasteiger charge is -2.12. The van der Waals surface area contributed by atoms with Gasteiger partial charge in [-0.25, -0.2) is 4.98 Å². The van der Waals surface area contributed by atoms with E-state index in [0.717, 1.165) is 42.5 Å². The summed E-state index contributed by atoms with van der Waals surface area (Å²) in [5.74, 6) is 3.28. The SMILES string of the molecule is CCc1ccc(CN2Cc3nc(COCC(=O)N(C)C)oc3C2)o1. The van der Waals surface area contributed by atoms with Gasteiger partial charge in [-0.05, 0) is 12.1 Å². The maximum absolute atomic E-state index is 11.4. The molecule has 2 aromatic rings. The van der Waals surface area contributed by atoms with Gasteiger partial charge in [0.15, 0.2) is 0 Å². The molecule has 0 saturated carbocycles. The first-order valence-corrected chi connectivity index (χ1v) is 8.10. The third-order valence-electron chi connectivity index (χ3n) is 3.96. The van der Waals surface area contributed by atoms with E-state index >= 15 is 0 Å². The Morgan fingerprint density at radius 3 is 2.75 bits per heavy atom. The van der Waals surface area contributed by atoms with E-state index in [4.69, 9.17) is 13.6 Å². The van der Waals surface area contributed by atoms with Crippen molar-refractivity contribution in [2.24, 2.45) is 0 Å². The standard InChI is InChI=1S/C17H23N3O4/c1-4-12-5-6-13(23-12)7-20-8-14-15(9-20)24-16(18-14)10-22-11-17(21)19(2)3/h5-6H,4,7-11H2,1-3H3. The van der Waals surface area contributed by atoms with Crippen molar-refractivity contribution < 1.29 is 18.4 Å². The normalized spacial score (nSPS) is 14.1. The molecule has 0 aromatic carbocycles. The van der Waals surface area contributed by atoms with Crippen LogP contribution in [0.15, 0.2) is 21.0 Å². The van der Waals surface area contributed by atoms with E-state index in [1.54, 1.807) is 14.1 Å². The Morgan fingerprint density at radius 2 is 2.08 bits per heavy atom. The lowest BCUT2D eigenvalue weighted by Crippen LogP contribution is -2.26. The molecule has 0 fully saturated rings. The zero-order valence-corrected chi connectivity index (χ0v) is 14.4. The Hall–Kier alpha value is -2.12. The molecule has 2 aromatic heterocycles. The molecule has 0 saturated heterocycles. The van der Waals surface area contributed by atoms with E-state index < -0.39 is 0 Å².